The molecule has 13 heteroatoms. The van der Waals surface area contributed by atoms with Gasteiger partial charge in [0.1, 0.15) is 29.1 Å². The van der Waals surface area contributed by atoms with Crippen molar-refractivity contribution in [3.8, 4) is 5.75 Å². The number of hydrogen-bond donors (Lipinski definition) is 2. The van der Waals surface area contributed by atoms with Crippen LogP contribution in [-0.4, -0.2) is 64.1 Å². The number of benzene rings is 1. The number of ether oxygens (including phenoxy) is 3. The summed E-state index contributed by atoms with van der Waals surface area (Å²) in [5, 5.41) is 5.08. The number of rotatable bonds is 9. The number of nitrogens with one attached hydrogen (secondary N) is 2. The van der Waals surface area contributed by atoms with E-state index in [0.29, 0.717) is 13.1 Å². The van der Waals surface area contributed by atoms with Crippen LogP contribution in [0, 0.1) is 0 Å². The van der Waals surface area contributed by atoms with E-state index in [4.69, 9.17) is 18.6 Å². The first kappa shape index (κ1) is 26.2. The fourth-order valence-corrected chi connectivity index (χ4v) is 5.84. The van der Waals surface area contributed by atoms with Gasteiger partial charge in [-0.3, -0.25) is 0 Å². The van der Waals surface area contributed by atoms with Crippen molar-refractivity contribution in [1.82, 2.24) is 14.9 Å². The van der Waals surface area contributed by atoms with Gasteiger partial charge in [-0.05, 0) is 50.1 Å². The molecule has 2 aliphatic rings. The summed E-state index contributed by atoms with van der Waals surface area (Å²) >= 11 is 0. The standard InChI is InChI=1S/C24H27N3O9S/c1-3-34-23(29)20-16(25-24(30)26-21(20)18-7-6-12-35-18)14-36-22(28)15-8-9-17(33-2)19(13-15)37(31,32)27-10-4-5-11-27/h6-9,12-13,21H,3-5,10-11,14H2,1-2H3,(H2,25,26,30)/t21-/m1/s1. The number of urea groups is 1. The quantitative estimate of drug-likeness (QED) is 0.461. The molecule has 1 aromatic heterocycles. The lowest BCUT2D eigenvalue weighted by atomic mass is 10.0. The van der Waals surface area contributed by atoms with E-state index in [2.05, 4.69) is 10.6 Å². The van der Waals surface area contributed by atoms with Crippen LogP contribution in [0.2, 0.25) is 0 Å². The number of carbonyl (C=O) groups excluding carboxylic acids is 3. The number of sulfonamides is 1. The molecule has 2 aromatic rings. The summed E-state index contributed by atoms with van der Waals surface area (Å²) in [5.74, 6) is -1.21. The zero-order chi connectivity index (χ0) is 26.6. The molecular weight excluding hydrogens is 506 g/mol. The Morgan fingerprint density at radius 1 is 1.14 bits per heavy atom. The third-order valence-corrected chi connectivity index (χ3v) is 7.83. The number of methoxy groups -OCH3 is 1. The monoisotopic (exact) mass is 533 g/mol. The molecule has 0 radical (unpaired) electrons. The molecule has 2 aliphatic heterocycles. The van der Waals surface area contributed by atoms with Crippen molar-refractivity contribution in [2.75, 3.05) is 33.4 Å². The van der Waals surface area contributed by atoms with Crippen LogP contribution in [0.3, 0.4) is 0 Å². The highest BCUT2D eigenvalue weighted by Gasteiger charge is 2.36. The topological polar surface area (TPSA) is 153 Å². The first-order chi connectivity index (χ1) is 17.8. The van der Waals surface area contributed by atoms with Gasteiger partial charge in [-0.25, -0.2) is 22.8 Å². The second kappa shape index (κ2) is 11.0. The molecule has 1 atom stereocenters. The average Bonchev–Trinajstić information content (AvgIpc) is 3.62. The SMILES string of the molecule is CCOC(=O)C1=C(COC(=O)c2ccc(OC)c(S(=O)(=O)N3CCCC3)c2)NC(=O)N[C@@H]1c1ccco1. The van der Waals surface area contributed by atoms with Gasteiger partial charge < -0.3 is 29.3 Å². The Morgan fingerprint density at radius 2 is 1.89 bits per heavy atom. The molecule has 2 amide bonds. The van der Waals surface area contributed by atoms with Gasteiger partial charge in [0.15, 0.2) is 0 Å². The maximum atomic E-state index is 13.1. The van der Waals surface area contributed by atoms with E-state index in [1.807, 2.05) is 0 Å². The van der Waals surface area contributed by atoms with Crippen LogP contribution >= 0.6 is 0 Å². The van der Waals surface area contributed by atoms with Crippen molar-refractivity contribution in [3.05, 3.63) is 59.2 Å². The van der Waals surface area contributed by atoms with Gasteiger partial charge in [0.2, 0.25) is 10.0 Å². The Bertz CT molecular complexity index is 1310. The molecule has 0 spiro atoms. The van der Waals surface area contributed by atoms with Gasteiger partial charge in [0.05, 0.1) is 36.8 Å². The van der Waals surface area contributed by atoms with Gasteiger partial charge in [0, 0.05) is 13.1 Å². The smallest absolute Gasteiger partial charge is 0.338 e. The van der Waals surface area contributed by atoms with Gasteiger partial charge in [-0.2, -0.15) is 4.31 Å². The second-order valence-electron chi connectivity index (χ2n) is 8.21. The number of hydrogen-bond acceptors (Lipinski definition) is 9. The van der Waals surface area contributed by atoms with Crippen molar-refractivity contribution in [3.63, 3.8) is 0 Å². The highest BCUT2D eigenvalue weighted by Crippen LogP contribution is 2.31. The van der Waals surface area contributed by atoms with Crippen molar-refractivity contribution in [1.29, 1.82) is 0 Å². The summed E-state index contributed by atoms with van der Waals surface area (Å²) < 4.78 is 48.7. The summed E-state index contributed by atoms with van der Waals surface area (Å²) in [6, 6.07) is 5.53. The highest BCUT2D eigenvalue weighted by atomic mass is 32.2. The first-order valence-corrected chi connectivity index (χ1v) is 13.1. The number of amides is 2. The summed E-state index contributed by atoms with van der Waals surface area (Å²) in [6.07, 6.45) is 2.89. The molecule has 0 bridgehead atoms. The van der Waals surface area contributed by atoms with E-state index < -0.39 is 40.6 Å². The van der Waals surface area contributed by atoms with E-state index in [1.165, 1.54) is 35.9 Å². The number of furan rings is 1. The van der Waals surface area contributed by atoms with Crippen molar-refractivity contribution in [2.45, 2.75) is 30.7 Å². The van der Waals surface area contributed by atoms with E-state index >= 15 is 0 Å². The van der Waals surface area contributed by atoms with Crippen LogP contribution in [0.15, 0.2) is 57.2 Å². The Labute approximate surface area is 213 Å². The molecule has 0 saturated carbocycles. The summed E-state index contributed by atoms with van der Waals surface area (Å²) in [7, 11) is -2.54. The fraction of sp³-hybridized carbons (Fsp3) is 0.375. The zero-order valence-electron chi connectivity index (χ0n) is 20.3. The third-order valence-electron chi connectivity index (χ3n) is 5.91. The van der Waals surface area contributed by atoms with E-state index in [0.717, 1.165) is 12.8 Å². The average molecular weight is 534 g/mol. The Morgan fingerprint density at radius 3 is 2.54 bits per heavy atom. The summed E-state index contributed by atoms with van der Waals surface area (Å²) in [4.78, 5) is 37.8. The Hall–Kier alpha value is -3.84. The van der Waals surface area contributed by atoms with Gasteiger partial charge >= 0.3 is 18.0 Å². The van der Waals surface area contributed by atoms with Crippen LogP contribution in [0.1, 0.15) is 41.9 Å². The largest absolute Gasteiger partial charge is 0.495 e. The van der Waals surface area contributed by atoms with Crippen molar-refractivity contribution in [2.24, 2.45) is 0 Å². The number of esters is 2. The minimum atomic E-state index is -3.88. The molecular formula is C24H27N3O9S. The third kappa shape index (κ3) is 5.47. The molecule has 0 unspecified atom stereocenters. The predicted octanol–water partition coefficient (Wildman–Crippen LogP) is 2.10. The molecule has 3 heterocycles. The Balaban J connectivity index is 1.61. The van der Waals surface area contributed by atoms with Crippen molar-refractivity contribution < 1.29 is 41.4 Å². The minimum absolute atomic E-state index is 0.00961. The van der Waals surface area contributed by atoms with Gasteiger partial charge in [-0.1, -0.05) is 0 Å². The fourth-order valence-electron chi connectivity index (χ4n) is 4.14. The first-order valence-electron chi connectivity index (χ1n) is 11.6. The van der Waals surface area contributed by atoms with Crippen LogP contribution < -0.4 is 15.4 Å². The van der Waals surface area contributed by atoms with E-state index in [1.54, 1.807) is 19.1 Å². The number of nitrogens with zero attached hydrogens (tertiary/aromatic N) is 1. The van der Waals surface area contributed by atoms with Crippen LogP contribution in [0.5, 0.6) is 5.75 Å². The number of carbonyl (C=O) groups is 3. The lowest BCUT2D eigenvalue weighted by Gasteiger charge is -2.27. The van der Waals surface area contributed by atoms with Gasteiger partial charge in [-0.15, -0.1) is 0 Å². The van der Waals surface area contributed by atoms with E-state index in [9.17, 15) is 22.8 Å². The molecule has 1 fully saturated rings. The lowest BCUT2D eigenvalue weighted by Crippen LogP contribution is -2.47. The molecule has 4 rings (SSSR count). The maximum absolute atomic E-state index is 13.1. The van der Waals surface area contributed by atoms with Gasteiger partial charge in [0.25, 0.3) is 0 Å². The summed E-state index contributed by atoms with van der Waals surface area (Å²) in [5.41, 5.74) is -0.0219. The maximum Gasteiger partial charge on any atom is 0.338 e. The van der Waals surface area contributed by atoms with Crippen molar-refractivity contribution >= 4 is 28.0 Å². The lowest BCUT2D eigenvalue weighted by molar-refractivity contribution is -0.139. The Kier molecular flexibility index (Phi) is 7.83. The normalized spacial score (nSPS) is 18.2. The van der Waals surface area contributed by atoms with Crippen LogP contribution in [-0.2, 0) is 24.3 Å². The second-order valence-corrected chi connectivity index (χ2v) is 10.1. The molecule has 1 saturated heterocycles. The minimum Gasteiger partial charge on any atom is -0.495 e. The highest BCUT2D eigenvalue weighted by molar-refractivity contribution is 7.89. The van der Waals surface area contributed by atoms with E-state index in [-0.39, 0.29) is 39.8 Å². The summed E-state index contributed by atoms with van der Waals surface area (Å²) in [6.45, 7) is 1.99. The zero-order valence-corrected chi connectivity index (χ0v) is 21.1. The molecule has 37 heavy (non-hydrogen) atoms. The molecule has 2 N–H and O–H groups in total. The molecule has 198 valence electrons. The predicted molar refractivity (Wildman–Crippen MR) is 128 cm³/mol. The molecule has 0 aliphatic carbocycles. The van der Waals surface area contributed by atoms with Crippen LogP contribution in [0.25, 0.3) is 0 Å². The molecule has 12 nitrogen and oxygen atoms in total. The molecule has 1 aromatic carbocycles. The van der Waals surface area contributed by atoms with Crippen LogP contribution in [0.4, 0.5) is 4.79 Å².